The third kappa shape index (κ3) is 6.11. The number of halogens is 1. The van der Waals surface area contributed by atoms with Gasteiger partial charge in [-0.05, 0) is 31.0 Å². The van der Waals surface area contributed by atoms with Crippen LogP contribution in [0.15, 0.2) is 18.2 Å². The summed E-state index contributed by atoms with van der Waals surface area (Å²) in [6.45, 7) is 1.51. The average molecular weight is 398 g/mol. The number of methoxy groups -OCH3 is 1. The fraction of sp³-hybridized carbons (Fsp3) is 0.500. The first kappa shape index (κ1) is 21.0. The molecule has 0 radical (unpaired) electrons. The molecule has 1 unspecified atom stereocenters. The summed E-state index contributed by atoms with van der Waals surface area (Å²) in [4.78, 5) is 38.4. The summed E-state index contributed by atoms with van der Waals surface area (Å²) < 4.78 is 5.19. The van der Waals surface area contributed by atoms with Crippen molar-refractivity contribution >= 4 is 35.0 Å². The van der Waals surface area contributed by atoms with Gasteiger partial charge in [0.05, 0.1) is 38.3 Å². The number of ether oxygens (including phenoxy) is 1. The highest BCUT2D eigenvalue weighted by Crippen LogP contribution is 2.27. The maximum Gasteiger partial charge on any atom is 0.277 e. The highest BCUT2D eigenvalue weighted by Gasteiger charge is 2.29. The number of quaternary nitrogens is 1. The molecule has 1 aromatic carbocycles. The van der Waals surface area contributed by atoms with Crippen LogP contribution < -0.4 is 20.7 Å². The number of rotatable bonds is 7. The van der Waals surface area contributed by atoms with Crippen molar-refractivity contribution in [3.8, 4) is 5.75 Å². The molecule has 1 fully saturated rings. The molecular weight excluding hydrogens is 372 g/mol. The lowest BCUT2D eigenvalue weighted by molar-refractivity contribution is -0.899. The molecule has 1 heterocycles. The molecular formula is C18H26ClN4O4+. The average Bonchev–Trinajstić information content (AvgIpc) is 2.62. The number of hydrogen-bond donors (Lipinski definition) is 3. The van der Waals surface area contributed by atoms with Crippen LogP contribution in [0.1, 0.15) is 12.8 Å². The quantitative estimate of drug-likeness (QED) is 0.578. The minimum absolute atomic E-state index is 0.0962. The number of hydrogen-bond acceptors (Lipinski definition) is 4. The molecule has 0 spiro atoms. The number of carbonyl (C=O) groups is 3. The third-order valence-corrected chi connectivity index (χ3v) is 4.90. The first-order valence-corrected chi connectivity index (χ1v) is 9.18. The van der Waals surface area contributed by atoms with E-state index in [2.05, 4.69) is 5.32 Å². The van der Waals surface area contributed by atoms with E-state index in [4.69, 9.17) is 22.1 Å². The number of amides is 3. The smallest absolute Gasteiger partial charge is 0.277 e. The van der Waals surface area contributed by atoms with E-state index in [9.17, 15) is 14.4 Å². The molecule has 1 aliphatic rings. The Bertz CT molecular complexity index is 713. The lowest BCUT2D eigenvalue weighted by Gasteiger charge is -2.29. The van der Waals surface area contributed by atoms with E-state index in [0.29, 0.717) is 23.0 Å². The normalized spacial score (nSPS) is 19.2. The van der Waals surface area contributed by atoms with E-state index in [-0.39, 0.29) is 36.7 Å². The summed E-state index contributed by atoms with van der Waals surface area (Å²) in [6.07, 6.45) is 1.63. The van der Waals surface area contributed by atoms with Crippen LogP contribution in [0, 0.1) is 5.92 Å². The van der Waals surface area contributed by atoms with Gasteiger partial charge in [0.25, 0.3) is 5.91 Å². The van der Waals surface area contributed by atoms with Gasteiger partial charge in [0, 0.05) is 12.1 Å². The van der Waals surface area contributed by atoms with Gasteiger partial charge in [0.2, 0.25) is 11.8 Å². The largest absolute Gasteiger partial charge is 0.495 e. The maximum atomic E-state index is 12.4. The zero-order chi connectivity index (χ0) is 20.0. The summed E-state index contributed by atoms with van der Waals surface area (Å²) in [5.41, 5.74) is 5.82. The van der Waals surface area contributed by atoms with Gasteiger partial charge in [0.1, 0.15) is 5.75 Å². The number of likely N-dealkylation sites (N-methyl/N-ethyl adjacent to an activating group) is 1. The Morgan fingerprint density at radius 3 is 2.81 bits per heavy atom. The zero-order valence-corrected chi connectivity index (χ0v) is 16.3. The molecule has 2 atom stereocenters. The molecule has 4 N–H and O–H groups in total. The molecule has 27 heavy (non-hydrogen) atoms. The predicted octanol–water partition coefficient (Wildman–Crippen LogP) is -0.474. The maximum absolute atomic E-state index is 12.4. The lowest BCUT2D eigenvalue weighted by atomic mass is 9.97. The van der Waals surface area contributed by atoms with Crippen molar-refractivity contribution in [3.63, 3.8) is 0 Å². The Hall–Kier alpha value is -2.32. The summed E-state index contributed by atoms with van der Waals surface area (Å²) >= 11 is 5.95. The van der Waals surface area contributed by atoms with E-state index < -0.39 is 0 Å². The van der Waals surface area contributed by atoms with Crippen molar-refractivity contribution in [3.05, 3.63) is 23.2 Å². The first-order valence-electron chi connectivity index (χ1n) is 8.80. The topological polar surface area (TPSA) is 106 Å². The molecule has 148 valence electrons. The fourth-order valence-corrected chi connectivity index (χ4v) is 3.35. The van der Waals surface area contributed by atoms with Gasteiger partial charge in [-0.1, -0.05) is 11.6 Å². The molecule has 0 bridgehead atoms. The summed E-state index contributed by atoms with van der Waals surface area (Å²) in [5, 5.41) is 3.17. The Balaban J connectivity index is 1.87. The van der Waals surface area contributed by atoms with E-state index in [1.807, 2.05) is 0 Å². The van der Waals surface area contributed by atoms with Crippen LogP contribution in [0.4, 0.5) is 5.69 Å². The van der Waals surface area contributed by atoms with Crippen molar-refractivity contribution < 1.29 is 24.0 Å². The number of nitrogens with one attached hydrogen (secondary N) is 2. The first-order chi connectivity index (χ1) is 12.8. The monoisotopic (exact) mass is 397 g/mol. The second-order valence-electron chi connectivity index (χ2n) is 6.77. The Morgan fingerprint density at radius 1 is 1.41 bits per heavy atom. The molecule has 9 heteroatoms. The van der Waals surface area contributed by atoms with E-state index in [1.54, 1.807) is 25.2 Å². The molecule has 1 aliphatic heterocycles. The molecule has 1 saturated heterocycles. The molecule has 0 aliphatic carbocycles. The zero-order valence-electron chi connectivity index (χ0n) is 15.6. The number of nitrogens with zero attached hydrogens (tertiary/aromatic N) is 1. The minimum atomic E-state index is -0.352. The molecule has 0 saturated carbocycles. The van der Waals surface area contributed by atoms with Crippen LogP contribution >= 0.6 is 11.6 Å². The van der Waals surface area contributed by atoms with E-state index in [0.717, 1.165) is 24.3 Å². The van der Waals surface area contributed by atoms with Crippen LogP contribution in [0.3, 0.4) is 0 Å². The van der Waals surface area contributed by atoms with Crippen molar-refractivity contribution in [2.45, 2.75) is 12.8 Å². The van der Waals surface area contributed by atoms with Crippen LogP contribution in [-0.4, -0.2) is 63.0 Å². The standard InChI is InChI=1S/C18H25ClN4O4/c1-22(17(25)11-23-7-3-4-12(9-23)18(20)26)10-16(24)21-14-8-13(19)5-6-15(14)27-2/h5-6,8,12H,3-4,7,9-11H2,1-2H3,(H2,20,26)(H,21,24)/p+1/t12-/m0/s1. The van der Waals surface area contributed by atoms with Crippen LogP contribution in [-0.2, 0) is 14.4 Å². The highest BCUT2D eigenvalue weighted by molar-refractivity contribution is 6.31. The highest BCUT2D eigenvalue weighted by atomic mass is 35.5. The summed E-state index contributed by atoms with van der Waals surface area (Å²) in [5.74, 6) is -0.538. The fourth-order valence-electron chi connectivity index (χ4n) is 3.17. The number of anilines is 1. The Labute approximate surface area is 163 Å². The molecule has 2 rings (SSSR count). The van der Waals surface area contributed by atoms with Gasteiger partial charge >= 0.3 is 0 Å². The Morgan fingerprint density at radius 2 is 2.15 bits per heavy atom. The van der Waals surface area contributed by atoms with Crippen molar-refractivity contribution in [1.82, 2.24) is 4.90 Å². The summed E-state index contributed by atoms with van der Waals surface area (Å²) in [6, 6.07) is 4.90. The van der Waals surface area contributed by atoms with Gasteiger partial charge in [-0.2, -0.15) is 0 Å². The molecule has 8 nitrogen and oxygen atoms in total. The van der Waals surface area contributed by atoms with Crippen molar-refractivity contribution in [2.24, 2.45) is 11.7 Å². The molecule has 3 amide bonds. The Kier molecular flexibility index (Phi) is 7.44. The molecule has 0 aromatic heterocycles. The minimum Gasteiger partial charge on any atom is -0.495 e. The van der Waals surface area contributed by atoms with Crippen molar-refractivity contribution in [2.75, 3.05) is 45.7 Å². The van der Waals surface area contributed by atoms with Gasteiger partial charge in [-0.25, -0.2) is 0 Å². The number of carbonyl (C=O) groups excluding carboxylic acids is 3. The van der Waals surface area contributed by atoms with Crippen molar-refractivity contribution in [1.29, 1.82) is 0 Å². The van der Waals surface area contributed by atoms with Gasteiger partial charge in [0.15, 0.2) is 6.54 Å². The van der Waals surface area contributed by atoms with Crippen LogP contribution in [0.2, 0.25) is 5.02 Å². The van der Waals surface area contributed by atoms with Gasteiger partial charge in [-0.15, -0.1) is 0 Å². The van der Waals surface area contributed by atoms with Crippen LogP contribution in [0.25, 0.3) is 0 Å². The number of likely N-dealkylation sites (tertiary alicyclic amines) is 1. The van der Waals surface area contributed by atoms with Gasteiger partial charge < -0.3 is 25.6 Å². The SMILES string of the molecule is COc1ccc(Cl)cc1NC(=O)CN(C)C(=O)C[NH+]1CCC[C@H](C(N)=O)C1. The molecule has 1 aromatic rings. The van der Waals surface area contributed by atoms with Gasteiger partial charge in [-0.3, -0.25) is 14.4 Å². The van der Waals surface area contributed by atoms with E-state index in [1.165, 1.54) is 12.0 Å². The second kappa shape index (κ2) is 9.57. The van der Waals surface area contributed by atoms with E-state index >= 15 is 0 Å². The van der Waals surface area contributed by atoms with Crippen LogP contribution in [0.5, 0.6) is 5.75 Å². The number of benzene rings is 1. The lowest BCUT2D eigenvalue weighted by Crippen LogP contribution is -3.14. The number of piperidine rings is 1. The number of primary amides is 1. The predicted molar refractivity (Wildman–Crippen MR) is 102 cm³/mol. The third-order valence-electron chi connectivity index (χ3n) is 4.66. The number of nitrogens with two attached hydrogens (primary N) is 1. The second-order valence-corrected chi connectivity index (χ2v) is 7.20. The summed E-state index contributed by atoms with van der Waals surface area (Å²) in [7, 11) is 3.07.